The van der Waals surface area contributed by atoms with E-state index in [0.29, 0.717) is 5.69 Å². The van der Waals surface area contributed by atoms with E-state index in [1.807, 2.05) is 0 Å². The average Bonchev–Trinajstić information content (AvgIpc) is 2.46. The smallest absolute Gasteiger partial charge is 0.270 e. The van der Waals surface area contributed by atoms with Gasteiger partial charge in [-0.3, -0.25) is 24.9 Å². The highest BCUT2D eigenvalue weighted by Crippen LogP contribution is 2.21. The Hall–Kier alpha value is -2.54. The number of benzene rings is 1. The first kappa shape index (κ1) is 14.9. The highest BCUT2D eigenvalue weighted by atomic mass is 35.5. The summed E-state index contributed by atoms with van der Waals surface area (Å²) in [5.74, 6) is -0.508. The number of nitrogens with zero attached hydrogens (tertiary/aromatic N) is 3. The van der Waals surface area contributed by atoms with Crippen molar-refractivity contribution in [3.63, 3.8) is 0 Å². The predicted octanol–water partition coefficient (Wildman–Crippen LogP) is 2.28. The lowest BCUT2D eigenvalue weighted by Gasteiger charge is -2.06. The number of aromatic nitrogens is 2. The standard InChI is InChI=1S/C13H11ClN4O3/c1-8-5-16-9(6-15-8)7-17-13(19)11-4-10(18(20)21)2-3-12(11)14/h2-6H,7H2,1H3,(H,17,19). The zero-order valence-electron chi connectivity index (χ0n) is 11.0. The number of aryl methyl sites for hydroxylation is 1. The molecule has 1 aromatic carbocycles. The van der Waals surface area contributed by atoms with E-state index in [0.717, 1.165) is 11.8 Å². The van der Waals surface area contributed by atoms with Crippen LogP contribution in [0.15, 0.2) is 30.6 Å². The number of nitrogens with one attached hydrogen (secondary N) is 1. The molecule has 0 aliphatic heterocycles. The molecule has 0 unspecified atom stereocenters. The molecular formula is C13H11ClN4O3. The Kier molecular flexibility index (Phi) is 4.44. The molecule has 0 radical (unpaired) electrons. The number of halogens is 1. The van der Waals surface area contributed by atoms with E-state index in [1.165, 1.54) is 12.1 Å². The molecule has 1 aromatic heterocycles. The van der Waals surface area contributed by atoms with Crippen molar-refractivity contribution in [1.82, 2.24) is 15.3 Å². The third-order valence-electron chi connectivity index (χ3n) is 2.67. The van der Waals surface area contributed by atoms with Gasteiger partial charge in [0.15, 0.2) is 0 Å². The third-order valence-corrected chi connectivity index (χ3v) is 3.00. The van der Waals surface area contributed by atoms with Crippen LogP contribution in [0.4, 0.5) is 5.69 Å². The maximum Gasteiger partial charge on any atom is 0.270 e. The number of hydrogen-bond acceptors (Lipinski definition) is 5. The van der Waals surface area contributed by atoms with E-state index in [1.54, 1.807) is 19.3 Å². The third kappa shape index (κ3) is 3.73. The molecule has 108 valence electrons. The van der Waals surface area contributed by atoms with Gasteiger partial charge in [-0.2, -0.15) is 0 Å². The molecule has 0 fully saturated rings. The first-order valence-corrected chi connectivity index (χ1v) is 6.35. The number of nitro benzene ring substituents is 1. The van der Waals surface area contributed by atoms with E-state index >= 15 is 0 Å². The van der Waals surface area contributed by atoms with Crippen LogP contribution in [0.3, 0.4) is 0 Å². The van der Waals surface area contributed by atoms with Crippen LogP contribution in [0.2, 0.25) is 5.02 Å². The van der Waals surface area contributed by atoms with Gasteiger partial charge in [-0.25, -0.2) is 0 Å². The molecule has 21 heavy (non-hydrogen) atoms. The van der Waals surface area contributed by atoms with E-state index in [9.17, 15) is 14.9 Å². The van der Waals surface area contributed by atoms with Crippen molar-refractivity contribution in [1.29, 1.82) is 0 Å². The van der Waals surface area contributed by atoms with Gasteiger partial charge in [0.05, 0.1) is 39.6 Å². The second kappa shape index (κ2) is 6.27. The second-order valence-corrected chi connectivity index (χ2v) is 4.66. The molecule has 0 saturated heterocycles. The van der Waals surface area contributed by atoms with Gasteiger partial charge in [0.2, 0.25) is 0 Å². The molecular weight excluding hydrogens is 296 g/mol. The van der Waals surface area contributed by atoms with E-state index in [2.05, 4.69) is 15.3 Å². The molecule has 8 heteroatoms. The molecule has 0 spiro atoms. The molecule has 0 bridgehead atoms. The van der Waals surface area contributed by atoms with Crippen LogP contribution in [0.5, 0.6) is 0 Å². The highest BCUT2D eigenvalue weighted by Gasteiger charge is 2.15. The van der Waals surface area contributed by atoms with Crippen LogP contribution in [-0.2, 0) is 6.54 Å². The molecule has 0 atom stereocenters. The summed E-state index contributed by atoms with van der Waals surface area (Å²) in [6.45, 7) is 1.96. The van der Waals surface area contributed by atoms with Crippen LogP contribution in [-0.4, -0.2) is 20.8 Å². The van der Waals surface area contributed by atoms with Gasteiger partial charge >= 0.3 is 0 Å². The van der Waals surface area contributed by atoms with Gasteiger partial charge < -0.3 is 5.32 Å². The summed E-state index contributed by atoms with van der Waals surface area (Å²) >= 11 is 5.89. The van der Waals surface area contributed by atoms with Crippen molar-refractivity contribution in [3.8, 4) is 0 Å². The Labute approximate surface area is 125 Å². The molecule has 2 rings (SSSR count). The summed E-state index contributed by atoms with van der Waals surface area (Å²) in [5.41, 5.74) is 1.20. The number of amides is 1. The Bertz CT molecular complexity index is 688. The van der Waals surface area contributed by atoms with Crippen LogP contribution in [0.25, 0.3) is 0 Å². The highest BCUT2D eigenvalue weighted by molar-refractivity contribution is 6.33. The topological polar surface area (TPSA) is 98.0 Å². The maximum absolute atomic E-state index is 12.0. The van der Waals surface area contributed by atoms with Crippen molar-refractivity contribution in [3.05, 3.63) is 62.7 Å². The fourth-order valence-electron chi connectivity index (χ4n) is 1.58. The fourth-order valence-corrected chi connectivity index (χ4v) is 1.78. The van der Waals surface area contributed by atoms with Gasteiger partial charge in [0.25, 0.3) is 11.6 Å². The molecule has 0 saturated carbocycles. The van der Waals surface area contributed by atoms with Gasteiger partial charge in [-0.1, -0.05) is 11.6 Å². The van der Waals surface area contributed by atoms with Crippen molar-refractivity contribution in [2.24, 2.45) is 0 Å². The minimum atomic E-state index is -0.585. The van der Waals surface area contributed by atoms with E-state index in [-0.39, 0.29) is 22.8 Å². The summed E-state index contributed by atoms with van der Waals surface area (Å²) in [4.78, 5) is 30.3. The normalized spacial score (nSPS) is 10.2. The van der Waals surface area contributed by atoms with Gasteiger partial charge in [-0.15, -0.1) is 0 Å². The summed E-state index contributed by atoms with van der Waals surface area (Å²) in [6.07, 6.45) is 3.13. The van der Waals surface area contributed by atoms with Crippen LogP contribution >= 0.6 is 11.6 Å². The largest absolute Gasteiger partial charge is 0.346 e. The monoisotopic (exact) mass is 306 g/mol. The molecule has 0 aliphatic rings. The van der Waals surface area contributed by atoms with Crippen molar-refractivity contribution in [2.75, 3.05) is 0 Å². The molecule has 1 N–H and O–H groups in total. The SMILES string of the molecule is Cc1cnc(CNC(=O)c2cc([N+](=O)[O-])ccc2Cl)cn1. The number of rotatable bonds is 4. The summed E-state index contributed by atoms with van der Waals surface area (Å²) in [7, 11) is 0. The molecule has 2 aromatic rings. The zero-order chi connectivity index (χ0) is 15.4. The Morgan fingerprint density at radius 1 is 1.38 bits per heavy atom. The lowest BCUT2D eigenvalue weighted by Crippen LogP contribution is -2.23. The summed E-state index contributed by atoms with van der Waals surface area (Å²) < 4.78 is 0. The fraction of sp³-hybridized carbons (Fsp3) is 0.154. The number of non-ortho nitro benzene ring substituents is 1. The number of hydrogen-bond donors (Lipinski definition) is 1. The predicted molar refractivity (Wildman–Crippen MR) is 76.0 cm³/mol. The lowest BCUT2D eigenvalue weighted by molar-refractivity contribution is -0.384. The minimum absolute atomic E-state index is 0.0472. The number of carbonyl (C=O) groups excluding carboxylic acids is 1. The van der Waals surface area contributed by atoms with Gasteiger partial charge in [0, 0.05) is 18.3 Å². The lowest BCUT2D eigenvalue weighted by atomic mass is 10.2. The summed E-state index contributed by atoms with van der Waals surface area (Å²) in [5, 5.41) is 13.5. The van der Waals surface area contributed by atoms with Crippen molar-refractivity contribution >= 4 is 23.2 Å². The average molecular weight is 307 g/mol. The first-order chi connectivity index (χ1) is 9.97. The first-order valence-electron chi connectivity index (χ1n) is 5.97. The van der Waals surface area contributed by atoms with E-state index < -0.39 is 10.8 Å². The molecule has 7 nitrogen and oxygen atoms in total. The zero-order valence-corrected chi connectivity index (χ0v) is 11.8. The quantitative estimate of drug-likeness (QED) is 0.690. The minimum Gasteiger partial charge on any atom is -0.346 e. The van der Waals surface area contributed by atoms with Crippen LogP contribution < -0.4 is 5.32 Å². The van der Waals surface area contributed by atoms with Crippen LogP contribution in [0, 0.1) is 17.0 Å². The molecule has 1 amide bonds. The van der Waals surface area contributed by atoms with Gasteiger partial charge in [-0.05, 0) is 13.0 Å². The summed E-state index contributed by atoms with van der Waals surface area (Å²) in [6, 6.07) is 3.70. The Morgan fingerprint density at radius 2 is 2.14 bits per heavy atom. The van der Waals surface area contributed by atoms with E-state index in [4.69, 9.17) is 11.6 Å². The second-order valence-electron chi connectivity index (χ2n) is 4.25. The number of nitro groups is 1. The van der Waals surface area contributed by atoms with Crippen molar-refractivity contribution in [2.45, 2.75) is 13.5 Å². The van der Waals surface area contributed by atoms with Crippen molar-refractivity contribution < 1.29 is 9.72 Å². The molecule has 0 aliphatic carbocycles. The van der Waals surface area contributed by atoms with Crippen LogP contribution in [0.1, 0.15) is 21.7 Å². The molecule has 1 heterocycles. The maximum atomic E-state index is 12.0. The number of carbonyl (C=O) groups is 1. The Balaban J connectivity index is 2.11. The Morgan fingerprint density at radius 3 is 2.76 bits per heavy atom. The van der Waals surface area contributed by atoms with Gasteiger partial charge in [0.1, 0.15) is 0 Å².